The predicted octanol–water partition coefficient (Wildman–Crippen LogP) is 2.54. The van der Waals surface area contributed by atoms with E-state index in [0.717, 1.165) is 15.9 Å². The summed E-state index contributed by atoms with van der Waals surface area (Å²) >= 11 is 0. The molecule has 0 bridgehead atoms. The zero-order valence-corrected chi connectivity index (χ0v) is 9.08. The van der Waals surface area contributed by atoms with Gasteiger partial charge in [-0.15, -0.1) is 0 Å². The normalized spacial score (nSPS) is 10.6. The molecule has 0 aliphatic carbocycles. The Kier molecular flexibility index (Phi) is 2.22. The van der Waals surface area contributed by atoms with Gasteiger partial charge in [0, 0.05) is 6.07 Å². The maximum Gasteiger partial charge on any atom is 0.242 e. The van der Waals surface area contributed by atoms with Gasteiger partial charge in [-0.25, -0.2) is 4.98 Å². The van der Waals surface area contributed by atoms with Crippen LogP contribution in [0.5, 0.6) is 0 Å². The van der Waals surface area contributed by atoms with Crippen LogP contribution in [0.1, 0.15) is 0 Å². The fourth-order valence-corrected chi connectivity index (χ4v) is 1.88. The summed E-state index contributed by atoms with van der Waals surface area (Å²) in [4.78, 5) is 4.21. The minimum absolute atomic E-state index is 0.590. The van der Waals surface area contributed by atoms with Crippen molar-refractivity contribution in [3.05, 3.63) is 66.1 Å². The van der Waals surface area contributed by atoms with Crippen LogP contribution < -0.4 is 4.73 Å². The molecular formula is C14H10N2O. The number of aromatic nitrogens is 2. The molecule has 0 spiro atoms. The minimum Gasteiger partial charge on any atom is -0.618 e. The molecule has 3 heteroatoms. The number of hydrogen-bond donors (Lipinski definition) is 0. The third kappa shape index (κ3) is 1.72. The van der Waals surface area contributed by atoms with Crippen molar-refractivity contribution < 1.29 is 4.73 Å². The van der Waals surface area contributed by atoms with Gasteiger partial charge in [-0.2, -0.15) is 4.73 Å². The van der Waals surface area contributed by atoms with Crippen molar-refractivity contribution in [3.63, 3.8) is 0 Å². The van der Waals surface area contributed by atoms with E-state index < -0.39 is 0 Å². The molecule has 0 unspecified atom stereocenters. The average Bonchev–Trinajstić information content (AvgIpc) is 2.40. The third-order valence-corrected chi connectivity index (χ3v) is 2.74. The van der Waals surface area contributed by atoms with Crippen molar-refractivity contribution in [2.45, 2.75) is 0 Å². The Hall–Kier alpha value is -2.42. The van der Waals surface area contributed by atoms with E-state index in [9.17, 15) is 5.21 Å². The van der Waals surface area contributed by atoms with Crippen molar-refractivity contribution in [1.29, 1.82) is 0 Å². The van der Waals surface area contributed by atoms with Gasteiger partial charge in [0.1, 0.15) is 5.52 Å². The standard InChI is InChI=1S/C14H10N2O/c17-16-9-8-15-13-10-12(6-7-14(13)16)11-4-2-1-3-5-11/h1-10H. The van der Waals surface area contributed by atoms with E-state index in [0.29, 0.717) is 11.0 Å². The first-order chi connectivity index (χ1) is 8.34. The monoisotopic (exact) mass is 222 g/mol. The first-order valence-corrected chi connectivity index (χ1v) is 5.38. The zero-order valence-electron chi connectivity index (χ0n) is 9.08. The summed E-state index contributed by atoms with van der Waals surface area (Å²) in [5.74, 6) is 0. The molecule has 1 aromatic heterocycles. The molecule has 2 aromatic carbocycles. The minimum atomic E-state index is 0.590. The maximum atomic E-state index is 11.5. The molecule has 0 aliphatic heterocycles. The highest BCUT2D eigenvalue weighted by molar-refractivity contribution is 5.79. The van der Waals surface area contributed by atoms with Crippen LogP contribution in [0.15, 0.2) is 60.9 Å². The van der Waals surface area contributed by atoms with Crippen LogP contribution in [0.4, 0.5) is 0 Å². The van der Waals surface area contributed by atoms with E-state index >= 15 is 0 Å². The van der Waals surface area contributed by atoms with E-state index in [1.807, 2.05) is 42.5 Å². The second-order valence-electron chi connectivity index (χ2n) is 3.82. The van der Waals surface area contributed by atoms with Gasteiger partial charge in [-0.05, 0) is 23.3 Å². The molecule has 3 rings (SSSR count). The first-order valence-electron chi connectivity index (χ1n) is 5.38. The summed E-state index contributed by atoms with van der Waals surface area (Å²) in [5.41, 5.74) is 3.49. The van der Waals surface area contributed by atoms with Gasteiger partial charge in [-0.1, -0.05) is 30.3 Å². The topological polar surface area (TPSA) is 39.8 Å². The van der Waals surface area contributed by atoms with Crippen LogP contribution in [0, 0.1) is 5.21 Å². The van der Waals surface area contributed by atoms with Crippen LogP contribution in [0.25, 0.3) is 22.2 Å². The van der Waals surface area contributed by atoms with Crippen molar-refractivity contribution in [2.24, 2.45) is 0 Å². The Morgan fingerprint density at radius 2 is 1.76 bits per heavy atom. The highest BCUT2D eigenvalue weighted by Gasteiger charge is 2.05. The fraction of sp³-hybridized carbons (Fsp3) is 0. The fourth-order valence-electron chi connectivity index (χ4n) is 1.88. The van der Waals surface area contributed by atoms with E-state index in [1.54, 1.807) is 6.07 Å². The van der Waals surface area contributed by atoms with Gasteiger partial charge in [-0.3, -0.25) is 0 Å². The number of hydrogen-bond acceptors (Lipinski definition) is 2. The van der Waals surface area contributed by atoms with E-state index in [1.165, 1.54) is 12.4 Å². The highest BCUT2D eigenvalue weighted by Crippen LogP contribution is 2.21. The number of fused-ring (bicyclic) bond motifs is 1. The Balaban J connectivity index is 2.21. The highest BCUT2D eigenvalue weighted by atomic mass is 16.5. The van der Waals surface area contributed by atoms with Gasteiger partial charge in [0.05, 0.1) is 6.20 Å². The van der Waals surface area contributed by atoms with Crippen molar-refractivity contribution in [3.8, 4) is 11.1 Å². The Morgan fingerprint density at radius 3 is 2.59 bits per heavy atom. The van der Waals surface area contributed by atoms with Crippen LogP contribution in [-0.2, 0) is 0 Å². The molecule has 0 N–H and O–H groups in total. The Labute approximate surface area is 98.6 Å². The summed E-state index contributed by atoms with van der Waals surface area (Å²) in [6.45, 7) is 0. The molecule has 1 heterocycles. The quantitative estimate of drug-likeness (QED) is 0.469. The lowest BCUT2D eigenvalue weighted by atomic mass is 10.1. The van der Waals surface area contributed by atoms with Crippen molar-refractivity contribution in [2.75, 3.05) is 0 Å². The molecule has 0 atom stereocenters. The molecule has 82 valence electrons. The van der Waals surface area contributed by atoms with Crippen LogP contribution in [-0.4, -0.2) is 4.98 Å². The average molecular weight is 222 g/mol. The predicted molar refractivity (Wildman–Crippen MR) is 66.1 cm³/mol. The lowest BCUT2D eigenvalue weighted by Gasteiger charge is -2.03. The summed E-state index contributed by atoms with van der Waals surface area (Å²) in [6, 6.07) is 15.7. The maximum absolute atomic E-state index is 11.5. The zero-order chi connectivity index (χ0) is 11.7. The van der Waals surface area contributed by atoms with Gasteiger partial charge in [0.2, 0.25) is 5.52 Å². The molecule has 0 radical (unpaired) electrons. The molecule has 3 nitrogen and oxygen atoms in total. The molecule has 0 saturated heterocycles. The second-order valence-corrected chi connectivity index (χ2v) is 3.82. The van der Waals surface area contributed by atoms with Gasteiger partial charge >= 0.3 is 0 Å². The van der Waals surface area contributed by atoms with E-state index in [-0.39, 0.29) is 0 Å². The smallest absolute Gasteiger partial charge is 0.242 e. The Bertz CT molecular complexity index is 665. The number of benzene rings is 2. The number of nitrogens with zero attached hydrogens (tertiary/aromatic N) is 2. The third-order valence-electron chi connectivity index (χ3n) is 2.74. The van der Waals surface area contributed by atoms with Gasteiger partial charge in [0.25, 0.3) is 0 Å². The van der Waals surface area contributed by atoms with Gasteiger partial charge < -0.3 is 5.21 Å². The molecule has 17 heavy (non-hydrogen) atoms. The van der Waals surface area contributed by atoms with E-state index in [4.69, 9.17) is 0 Å². The Morgan fingerprint density at radius 1 is 0.941 bits per heavy atom. The van der Waals surface area contributed by atoms with Gasteiger partial charge in [0.15, 0.2) is 6.20 Å². The molecule has 3 aromatic rings. The largest absolute Gasteiger partial charge is 0.618 e. The second kappa shape index (κ2) is 3.87. The lowest BCUT2D eigenvalue weighted by molar-refractivity contribution is -0.577. The lowest BCUT2D eigenvalue weighted by Crippen LogP contribution is -2.26. The van der Waals surface area contributed by atoms with Crippen LogP contribution >= 0.6 is 0 Å². The summed E-state index contributed by atoms with van der Waals surface area (Å²) in [6.07, 6.45) is 2.93. The summed E-state index contributed by atoms with van der Waals surface area (Å²) in [7, 11) is 0. The molecular weight excluding hydrogens is 212 g/mol. The summed E-state index contributed by atoms with van der Waals surface area (Å²) in [5, 5.41) is 11.5. The summed E-state index contributed by atoms with van der Waals surface area (Å²) < 4.78 is 0.830. The first kappa shape index (κ1) is 9.78. The molecule has 0 amide bonds. The van der Waals surface area contributed by atoms with Crippen molar-refractivity contribution in [1.82, 2.24) is 4.98 Å². The molecule has 0 fully saturated rings. The van der Waals surface area contributed by atoms with Crippen LogP contribution in [0.2, 0.25) is 0 Å². The van der Waals surface area contributed by atoms with E-state index in [2.05, 4.69) is 4.98 Å². The number of rotatable bonds is 1. The van der Waals surface area contributed by atoms with Crippen molar-refractivity contribution >= 4 is 11.0 Å². The molecule has 0 aliphatic rings. The van der Waals surface area contributed by atoms with Crippen LogP contribution in [0.3, 0.4) is 0 Å². The SMILES string of the molecule is [O-][n+]1ccnc2cc(-c3ccccc3)ccc21. The molecule has 0 saturated carbocycles.